The highest BCUT2D eigenvalue weighted by molar-refractivity contribution is 7.09. The van der Waals surface area contributed by atoms with E-state index >= 15 is 0 Å². The summed E-state index contributed by atoms with van der Waals surface area (Å²) in [6, 6.07) is 8.56. The Morgan fingerprint density at radius 1 is 1.08 bits per heavy atom. The number of hydrogen-bond donors (Lipinski definition) is 2. The quantitative estimate of drug-likeness (QED) is 0.0864. The van der Waals surface area contributed by atoms with Crippen molar-refractivity contribution in [2.75, 3.05) is 46.9 Å². The molecule has 0 spiro atoms. The largest absolute Gasteiger partial charge is 0.467 e. The van der Waals surface area contributed by atoms with Crippen molar-refractivity contribution in [2.45, 2.75) is 105 Å². The molecule has 0 radical (unpaired) electrons. The number of fused-ring (bicyclic) bond motifs is 1. The van der Waals surface area contributed by atoms with Crippen molar-refractivity contribution < 1.29 is 33.4 Å². The molecule has 3 unspecified atom stereocenters. The van der Waals surface area contributed by atoms with Crippen LogP contribution in [0.3, 0.4) is 0 Å². The van der Waals surface area contributed by atoms with Crippen LogP contribution in [0.15, 0.2) is 49.2 Å². The van der Waals surface area contributed by atoms with Crippen LogP contribution in [-0.2, 0) is 52.8 Å². The van der Waals surface area contributed by atoms with E-state index < -0.39 is 23.4 Å². The Morgan fingerprint density at radius 2 is 1.81 bits per heavy atom. The van der Waals surface area contributed by atoms with E-state index in [1.807, 2.05) is 37.8 Å². The van der Waals surface area contributed by atoms with Crippen molar-refractivity contribution in [1.29, 1.82) is 0 Å². The van der Waals surface area contributed by atoms with Gasteiger partial charge in [-0.2, -0.15) is 4.37 Å². The minimum Gasteiger partial charge on any atom is -0.467 e. The summed E-state index contributed by atoms with van der Waals surface area (Å²) in [6.07, 6.45) is 8.31. The molecule has 4 aromatic rings. The van der Waals surface area contributed by atoms with Crippen molar-refractivity contribution in [3.63, 3.8) is 0 Å². The van der Waals surface area contributed by atoms with Crippen molar-refractivity contribution in [1.82, 2.24) is 44.5 Å². The first kappa shape index (κ1) is 49.5. The molecule has 1 aromatic carbocycles. The number of likely N-dealkylation sites (tertiary alicyclic amines) is 1. The van der Waals surface area contributed by atoms with Crippen molar-refractivity contribution in [2.24, 2.45) is 11.3 Å². The molecule has 4 amide bonds. The third-order valence-corrected chi connectivity index (χ3v) is 12.5. The molecule has 0 bridgehead atoms. The SMILES string of the molecule is C=CC(=O)N1CCCC1.CCn1c(-c2cccnc2C(C)OC)c(CC(C)(C)COC=O)c2cc(-c3nc(CC(NC(=O)C(C(C)C)N(C)C=O)C(=O)N4CCCCN4)ns3)ccc21. The summed E-state index contributed by atoms with van der Waals surface area (Å²) in [7, 11) is 3.23. The molecule has 3 aromatic heterocycles. The van der Waals surface area contributed by atoms with E-state index in [9.17, 15) is 24.0 Å². The van der Waals surface area contributed by atoms with Crippen LogP contribution in [0, 0.1) is 11.3 Å². The average molecular weight is 900 g/mol. The minimum atomic E-state index is -0.948. The van der Waals surface area contributed by atoms with Crippen LogP contribution < -0.4 is 10.7 Å². The molecule has 2 fully saturated rings. The second kappa shape index (κ2) is 22.9. The van der Waals surface area contributed by atoms with Gasteiger partial charge in [0.15, 0.2) is 0 Å². The number of hydrogen-bond acceptors (Lipinski definition) is 12. The molecule has 2 N–H and O–H groups in total. The molecule has 2 saturated heterocycles. The number of carbonyl (C=O) groups excluding carboxylic acids is 5. The molecule has 0 aliphatic carbocycles. The molecular weight excluding hydrogens is 835 g/mol. The maximum absolute atomic E-state index is 13.8. The van der Waals surface area contributed by atoms with E-state index in [-0.39, 0.29) is 36.9 Å². The van der Waals surface area contributed by atoms with E-state index in [1.165, 1.54) is 22.5 Å². The third kappa shape index (κ3) is 12.0. The van der Waals surface area contributed by atoms with Gasteiger partial charge in [0.2, 0.25) is 18.2 Å². The van der Waals surface area contributed by atoms with Crippen molar-refractivity contribution in [3.05, 3.63) is 66.3 Å². The number of pyridine rings is 1. The molecular formula is C47H65N9O7S. The van der Waals surface area contributed by atoms with E-state index in [4.69, 9.17) is 19.4 Å². The van der Waals surface area contributed by atoms with Crippen LogP contribution in [0.4, 0.5) is 0 Å². The first-order chi connectivity index (χ1) is 30.7. The lowest BCUT2D eigenvalue weighted by atomic mass is 9.84. The highest BCUT2D eigenvalue weighted by atomic mass is 32.1. The molecule has 17 heteroatoms. The number of aryl methyl sites for hydroxylation is 1. The Kier molecular flexibility index (Phi) is 17.7. The summed E-state index contributed by atoms with van der Waals surface area (Å²) in [5, 5.41) is 6.18. The van der Waals surface area contributed by atoms with Crippen LogP contribution in [0.1, 0.15) is 90.4 Å². The van der Waals surface area contributed by atoms with Crippen LogP contribution in [-0.4, -0.2) is 123 Å². The molecule has 5 heterocycles. The van der Waals surface area contributed by atoms with Gasteiger partial charge in [0, 0.05) is 86.9 Å². The fourth-order valence-corrected chi connectivity index (χ4v) is 9.15. The maximum Gasteiger partial charge on any atom is 0.293 e. The highest BCUT2D eigenvalue weighted by Gasteiger charge is 2.34. The first-order valence-corrected chi connectivity index (χ1v) is 22.9. The van der Waals surface area contributed by atoms with Crippen LogP contribution in [0.5, 0.6) is 0 Å². The Labute approximate surface area is 380 Å². The molecule has 16 nitrogen and oxygen atoms in total. The predicted octanol–water partition coefficient (Wildman–Crippen LogP) is 5.75. The summed E-state index contributed by atoms with van der Waals surface area (Å²) in [5.41, 5.74) is 8.56. The fourth-order valence-electron chi connectivity index (χ4n) is 8.46. The van der Waals surface area contributed by atoms with Crippen LogP contribution in [0.25, 0.3) is 32.7 Å². The normalized spacial score (nSPS) is 15.5. The Bertz CT molecular complexity index is 2240. The number of aromatic nitrogens is 4. The Hall–Kier alpha value is -5.52. The number of nitrogens with one attached hydrogen (secondary N) is 2. The molecule has 346 valence electrons. The van der Waals surface area contributed by atoms with Gasteiger partial charge in [0.1, 0.15) is 22.9 Å². The van der Waals surface area contributed by atoms with Gasteiger partial charge in [-0.25, -0.2) is 10.4 Å². The molecule has 2 aliphatic heterocycles. The lowest BCUT2D eigenvalue weighted by Gasteiger charge is -2.33. The van der Waals surface area contributed by atoms with Gasteiger partial charge in [0.25, 0.3) is 12.4 Å². The van der Waals surface area contributed by atoms with E-state index in [0.717, 1.165) is 77.8 Å². The average Bonchev–Trinajstić information content (AvgIpc) is 4.08. The van der Waals surface area contributed by atoms with E-state index in [2.05, 4.69) is 65.2 Å². The monoisotopic (exact) mass is 899 g/mol. The van der Waals surface area contributed by atoms with Gasteiger partial charge in [-0.15, -0.1) is 0 Å². The summed E-state index contributed by atoms with van der Waals surface area (Å²) < 4.78 is 18.0. The Morgan fingerprint density at radius 3 is 2.44 bits per heavy atom. The molecule has 6 rings (SSSR count). The minimum absolute atomic E-state index is 0.0745. The lowest BCUT2D eigenvalue weighted by molar-refractivity contribution is -0.142. The smallest absolute Gasteiger partial charge is 0.293 e. The van der Waals surface area contributed by atoms with Gasteiger partial charge in [-0.3, -0.25) is 34.0 Å². The van der Waals surface area contributed by atoms with Gasteiger partial charge in [-0.1, -0.05) is 34.3 Å². The number of methoxy groups -OCH3 is 1. The number of nitrogens with zero attached hydrogens (tertiary/aromatic N) is 7. The van der Waals surface area contributed by atoms with Crippen molar-refractivity contribution >= 4 is 53.0 Å². The van der Waals surface area contributed by atoms with Gasteiger partial charge < -0.3 is 29.2 Å². The standard InChI is InChI=1S/C40H54N8O6S.C7H11NO/c1-9-47-32-15-14-27(19-29(32)30(21-40(5,6)22-54-24-50)36(47)28-13-12-16-41-34(28)26(4)53-8)38-44-33(45-55-38)20-31(39(52)48-18-11-10-17-42-48)43-37(51)35(25(2)3)46(7)23-49;1-2-7(9)8-5-3-4-6-8/h12-16,19,23-26,31,35,42H,9-11,17-18,20-22H2,1-8H3,(H,43,51);2H,1,3-6H2. The zero-order chi connectivity index (χ0) is 46.6. The third-order valence-electron chi connectivity index (χ3n) is 11.7. The van der Waals surface area contributed by atoms with Crippen LogP contribution >= 0.6 is 11.5 Å². The number of hydrazine groups is 1. The second-order valence-corrected chi connectivity index (χ2v) is 18.2. The van der Waals surface area contributed by atoms with Gasteiger partial charge >= 0.3 is 0 Å². The summed E-state index contributed by atoms with van der Waals surface area (Å²) in [4.78, 5) is 73.9. The number of carbonyl (C=O) groups is 5. The highest BCUT2D eigenvalue weighted by Crippen LogP contribution is 2.42. The number of ether oxygens (including phenoxy) is 2. The summed E-state index contributed by atoms with van der Waals surface area (Å²) >= 11 is 1.23. The van der Waals surface area contributed by atoms with Crippen LogP contribution in [0.2, 0.25) is 0 Å². The fraction of sp³-hybridized carbons (Fsp3) is 0.532. The topological polar surface area (TPSA) is 181 Å². The molecule has 64 heavy (non-hydrogen) atoms. The summed E-state index contributed by atoms with van der Waals surface area (Å²) in [6.45, 7) is 19.8. The maximum atomic E-state index is 13.8. The van der Waals surface area contributed by atoms with E-state index in [1.54, 1.807) is 25.4 Å². The summed E-state index contributed by atoms with van der Waals surface area (Å²) in [5.74, 6) is -0.371. The Balaban J connectivity index is 0.000000762. The molecule has 0 saturated carbocycles. The lowest BCUT2D eigenvalue weighted by Crippen LogP contribution is -2.59. The zero-order valence-electron chi connectivity index (χ0n) is 38.6. The number of benzene rings is 1. The van der Waals surface area contributed by atoms with Gasteiger partial charge in [-0.05, 0) is 105 Å². The zero-order valence-corrected chi connectivity index (χ0v) is 39.4. The number of amides is 4. The van der Waals surface area contributed by atoms with E-state index in [0.29, 0.717) is 49.8 Å². The van der Waals surface area contributed by atoms with Crippen molar-refractivity contribution in [3.8, 4) is 21.8 Å². The second-order valence-electron chi connectivity index (χ2n) is 17.4. The number of likely N-dealkylation sites (N-methyl/N-ethyl adjacent to an activating group) is 1. The van der Waals surface area contributed by atoms with Gasteiger partial charge in [0.05, 0.1) is 24.1 Å². The number of rotatable bonds is 19. The molecule has 2 aliphatic rings. The first-order valence-electron chi connectivity index (χ1n) is 22.1. The predicted molar refractivity (Wildman–Crippen MR) is 248 cm³/mol. The molecule has 3 atom stereocenters.